The van der Waals surface area contributed by atoms with Crippen LogP contribution < -0.4 is 0 Å². The minimum atomic E-state index is -1.00. The Morgan fingerprint density at radius 1 is 0.662 bits per heavy atom. The fraction of sp³-hybridized carbons (Fsp3) is 0.812. The predicted octanol–water partition coefficient (Wildman–Crippen LogP) is 10.7. The first-order valence-electron chi connectivity index (χ1n) is 24.4. The highest BCUT2D eigenvalue weighted by Gasteiger charge is 2.46. The standard InChI is InChI=1S/C25H43N3O7P2.C23H41N3O6P2/c1-8-14(2)20-12-18(27-28-26)19(32-17(5)29)11-9-10-15(3)23(35-37)16(4)24(31)25(6,7)21(34-36)13-22(30)33-20;1-7-13(2)18-11-16(25-26-24)17(27)10-8-9-14(3)21(32-34)15(4)22(29)23(5,6)19(31-33)12-20(28)30-18/h8,15-16,18-21,23H,9-13,36-37H2,1-7H3;7,14-19,21,27H,8-12,33-34H2,1-6H3/b14-8+;13-7+/t15?,16-,18?,19?,20?,21?,23?;14?,15-,16?,17?,18?,19?,21?/m11/s1. The third-order valence-corrected chi connectivity index (χ3v) is 15.7. The predicted molar refractivity (Wildman–Crippen MR) is 285 cm³/mol. The van der Waals surface area contributed by atoms with Gasteiger partial charge in [0.25, 0.3) is 0 Å². The number of aliphatic hydroxyl groups excluding tert-OH is 1. The van der Waals surface area contributed by atoms with Crippen molar-refractivity contribution in [2.75, 3.05) is 0 Å². The number of ketones is 2. The molecular formula is C48H84N6O13P4. The number of nitrogens with zero attached hydrogens (tertiary/aromatic N) is 6. The van der Waals surface area contributed by atoms with Gasteiger partial charge in [0.2, 0.25) is 0 Å². The van der Waals surface area contributed by atoms with Gasteiger partial charge in [-0.2, -0.15) is 0 Å². The lowest BCUT2D eigenvalue weighted by molar-refractivity contribution is -0.155. The number of carbonyl (C=O) groups excluding carboxylic acids is 5. The second-order valence-corrected chi connectivity index (χ2v) is 21.3. The van der Waals surface area contributed by atoms with Crippen LogP contribution in [-0.2, 0) is 56.3 Å². The van der Waals surface area contributed by atoms with E-state index in [4.69, 9.17) is 37.8 Å². The first kappa shape index (κ1) is 66.4. The van der Waals surface area contributed by atoms with Gasteiger partial charge in [0.1, 0.15) is 29.9 Å². The number of carbonyl (C=O) groups is 5. The molecule has 2 fully saturated rings. The normalized spacial score (nSPS) is 33.7. The van der Waals surface area contributed by atoms with Crippen LogP contribution in [0.2, 0.25) is 0 Å². The second-order valence-electron chi connectivity index (χ2n) is 20.2. The first-order chi connectivity index (χ1) is 33.3. The van der Waals surface area contributed by atoms with Crippen molar-refractivity contribution in [2.24, 2.45) is 44.7 Å². The van der Waals surface area contributed by atoms with E-state index < -0.39 is 95.4 Å². The molecule has 1 N–H and O–H groups in total. The van der Waals surface area contributed by atoms with Gasteiger partial charge in [0.15, 0.2) is 0 Å². The number of aliphatic hydroxyl groups is 1. The zero-order valence-electron chi connectivity index (χ0n) is 44.1. The summed E-state index contributed by atoms with van der Waals surface area (Å²) in [6.45, 7) is 23.3. The fourth-order valence-electron chi connectivity index (χ4n) is 9.45. The molecule has 0 aromatic heterocycles. The van der Waals surface area contributed by atoms with Crippen LogP contribution in [0.5, 0.6) is 0 Å². The summed E-state index contributed by atoms with van der Waals surface area (Å²) < 4.78 is 39.5. The summed E-state index contributed by atoms with van der Waals surface area (Å²) in [6.07, 6.45) is 1.92. The largest absolute Gasteiger partial charge is 0.462 e. The van der Waals surface area contributed by atoms with Crippen LogP contribution in [0.15, 0.2) is 33.5 Å². The summed E-state index contributed by atoms with van der Waals surface area (Å²) in [4.78, 5) is 70.9. The van der Waals surface area contributed by atoms with Gasteiger partial charge < -0.3 is 37.4 Å². The Morgan fingerprint density at radius 2 is 1.04 bits per heavy atom. The molecule has 0 saturated carbocycles. The zero-order valence-corrected chi connectivity index (χ0v) is 48.8. The average molecular weight is 1080 g/mol. The summed E-state index contributed by atoms with van der Waals surface area (Å²) in [7, 11) is 8.82. The Hall–Kier alpha value is -2.63. The molecule has 19 nitrogen and oxygen atoms in total. The lowest BCUT2D eigenvalue weighted by atomic mass is 9.73. The van der Waals surface area contributed by atoms with Crippen LogP contribution in [0, 0.1) is 34.5 Å². The molecule has 0 radical (unpaired) electrons. The van der Waals surface area contributed by atoms with Crippen LogP contribution in [0.4, 0.5) is 0 Å². The molecule has 2 aliphatic rings. The Labute approximate surface area is 431 Å². The number of rotatable bonds is 9. The van der Waals surface area contributed by atoms with E-state index in [0.29, 0.717) is 38.5 Å². The first-order valence-corrected chi connectivity index (χ1v) is 26.2. The maximum absolute atomic E-state index is 13.6. The average Bonchev–Trinajstić information content (AvgIpc) is 3.32. The molecule has 2 heterocycles. The molecular weight excluding hydrogens is 992 g/mol. The molecule has 23 heteroatoms. The fourth-order valence-corrected chi connectivity index (χ4v) is 11.3. The van der Waals surface area contributed by atoms with Gasteiger partial charge in [-0.3, -0.25) is 24.0 Å². The SMILES string of the molecule is C/C=C(\C)C1CC(N=[N+]=[N-])C(O)CCCC(C)C(OP)[C@@H](C)C(=O)C(C)(C)C(OP)CC(=O)O1.C/C=C(\C)C1CC(N=[N+]=[N-])C(OC(C)=O)CCCC(C)C(OP)[C@@H](C)C(=O)C(C)(C)C(OP)CC(=O)O1. The topological polar surface area (TPSA) is 268 Å². The number of allylic oxidation sites excluding steroid dienone is 2. The van der Waals surface area contributed by atoms with Crippen molar-refractivity contribution in [3.05, 3.63) is 44.2 Å². The van der Waals surface area contributed by atoms with Crippen molar-refractivity contribution < 1.29 is 61.4 Å². The van der Waals surface area contributed by atoms with E-state index in [0.717, 1.165) is 11.1 Å². The van der Waals surface area contributed by atoms with E-state index in [9.17, 15) is 34.6 Å². The van der Waals surface area contributed by atoms with Crippen molar-refractivity contribution in [1.29, 1.82) is 0 Å². The maximum atomic E-state index is 13.6. The van der Waals surface area contributed by atoms with Crippen molar-refractivity contribution in [2.45, 2.75) is 215 Å². The zero-order chi connectivity index (χ0) is 54.4. The third kappa shape index (κ3) is 20.2. The molecule has 0 spiro atoms. The van der Waals surface area contributed by atoms with E-state index in [1.165, 1.54) is 6.92 Å². The molecule has 2 saturated heterocycles. The number of Topliss-reactive ketones (excluding diaryl/α,β-unsaturated/α-hetero) is 2. The number of hydrogen-bond acceptors (Lipinski definition) is 15. The number of esters is 3. The molecule has 2 rings (SSSR count). The number of hydrogen-bond donors (Lipinski definition) is 1. The van der Waals surface area contributed by atoms with Gasteiger partial charge in [0, 0.05) is 72.9 Å². The molecule has 0 bridgehead atoms. The molecule has 18 atom stereocenters. The maximum Gasteiger partial charge on any atom is 0.309 e. The Morgan fingerprint density at radius 3 is 1.39 bits per heavy atom. The minimum Gasteiger partial charge on any atom is -0.462 e. The van der Waals surface area contributed by atoms with Gasteiger partial charge in [0.05, 0.1) is 66.3 Å². The van der Waals surface area contributed by atoms with E-state index in [-0.39, 0.29) is 55.2 Å². The Balaban J connectivity index is 0.000000713. The molecule has 0 aromatic rings. The molecule has 16 unspecified atom stereocenters. The van der Waals surface area contributed by atoms with Crippen molar-refractivity contribution in [3.63, 3.8) is 0 Å². The quantitative estimate of drug-likeness (QED) is 0.0429. The Kier molecular flexibility index (Phi) is 30.5. The van der Waals surface area contributed by atoms with E-state index in [1.54, 1.807) is 27.7 Å². The van der Waals surface area contributed by atoms with Gasteiger partial charge in [-0.05, 0) is 100 Å². The lowest BCUT2D eigenvalue weighted by Gasteiger charge is -2.37. The van der Waals surface area contributed by atoms with E-state index in [2.05, 4.69) is 57.9 Å². The monoisotopic (exact) mass is 1080 g/mol. The minimum absolute atomic E-state index is 0.00518. The molecule has 0 aliphatic carbocycles. The van der Waals surface area contributed by atoms with Crippen molar-refractivity contribution in [3.8, 4) is 0 Å². The highest BCUT2D eigenvalue weighted by Crippen LogP contribution is 2.39. The lowest BCUT2D eigenvalue weighted by Crippen LogP contribution is -2.46. The van der Waals surface area contributed by atoms with Crippen LogP contribution >= 0.6 is 37.9 Å². The van der Waals surface area contributed by atoms with Gasteiger partial charge in [-0.1, -0.05) is 84.2 Å². The van der Waals surface area contributed by atoms with Gasteiger partial charge >= 0.3 is 17.9 Å². The highest BCUT2D eigenvalue weighted by molar-refractivity contribution is 7.10. The summed E-state index contributed by atoms with van der Waals surface area (Å²) in [5, 5.41) is 18.5. The van der Waals surface area contributed by atoms with E-state index in [1.807, 2.05) is 67.5 Å². The van der Waals surface area contributed by atoms with Crippen LogP contribution in [0.3, 0.4) is 0 Å². The van der Waals surface area contributed by atoms with Crippen LogP contribution in [0.1, 0.15) is 154 Å². The van der Waals surface area contributed by atoms with Crippen LogP contribution in [0.25, 0.3) is 20.9 Å². The highest BCUT2D eigenvalue weighted by atomic mass is 31.0. The summed E-state index contributed by atoms with van der Waals surface area (Å²) >= 11 is 0. The molecule has 0 aromatic carbocycles. The summed E-state index contributed by atoms with van der Waals surface area (Å²) in [5.74, 6) is -2.64. The smallest absolute Gasteiger partial charge is 0.309 e. The summed E-state index contributed by atoms with van der Waals surface area (Å²) in [5.41, 5.74) is 17.9. The van der Waals surface area contributed by atoms with Crippen molar-refractivity contribution >= 4 is 67.3 Å². The number of ether oxygens (including phenoxy) is 3. The van der Waals surface area contributed by atoms with Gasteiger partial charge in [-0.15, -0.1) is 0 Å². The Bertz CT molecular complexity index is 1910. The molecule has 0 amide bonds. The van der Waals surface area contributed by atoms with E-state index >= 15 is 0 Å². The van der Waals surface area contributed by atoms with Crippen LogP contribution in [-0.4, -0.2) is 95.5 Å². The summed E-state index contributed by atoms with van der Waals surface area (Å²) in [6, 6.07) is -1.50. The second kappa shape index (κ2) is 32.6. The number of cyclic esters (lactones) is 2. The van der Waals surface area contributed by atoms with Gasteiger partial charge in [-0.25, -0.2) is 0 Å². The molecule has 404 valence electrons. The molecule has 71 heavy (non-hydrogen) atoms. The molecule has 2 aliphatic heterocycles. The van der Waals surface area contributed by atoms with Crippen molar-refractivity contribution in [1.82, 2.24) is 0 Å². The number of azide groups is 2. The third-order valence-electron chi connectivity index (χ3n) is 14.4.